The Kier molecular flexibility index (Phi) is 4.16. The molecule has 0 saturated heterocycles. The van der Waals surface area contributed by atoms with Crippen molar-refractivity contribution in [2.24, 2.45) is 0 Å². The van der Waals surface area contributed by atoms with Crippen LogP contribution >= 0.6 is 11.8 Å². The Balaban J connectivity index is 2.89. The molecule has 0 aliphatic rings. The summed E-state index contributed by atoms with van der Waals surface area (Å²) in [7, 11) is 0. The van der Waals surface area contributed by atoms with Crippen LogP contribution in [-0.2, 0) is 0 Å². The van der Waals surface area contributed by atoms with Gasteiger partial charge < -0.3 is 4.74 Å². The highest BCUT2D eigenvalue weighted by atomic mass is 32.2. The van der Waals surface area contributed by atoms with E-state index in [2.05, 4.69) is 26.0 Å². The van der Waals surface area contributed by atoms with Crippen molar-refractivity contribution in [3.05, 3.63) is 23.8 Å². The van der Waals surface area contributed by atoms with Crippen LogP contribution in [0.15, 0.2) is 23.1 Å². The molecule has 0 aromatic heterocycles. The predicted octanol–water partition coefficient (Wildman–Crippen LogP) is 3.51. The lowest BCUT2D eigenvalue weighted by Crippen LogP contribution is -1.94. The maximum absolute atomic E-state index is 5.51. The van der Waals surface area contributed by atoms with Crippen LogP contribution < -0.4 is 4.74 Å². The largest absolute Gasteiger partial charge is 0.494 e. The third-order valence-corrected chi connectivity index (χ3v) is 2.88. The molecular formula is C11H16OS. The molecule has 0 spiro atoms. The molecule has 0 aliphatic carbocycles. The molecule has 13 heavy (non-hydrogen) atoms. The van der Waals surface area contributed by atoms with E-state index >= 15 is 0 Å². The lowest BCUT2D eigenvalue weighted by Gasteiger charge is -2.10. The van der Waals surface area contributed by atoms with Gasteiger partial charge in [0, 0.05) is 10.5 Å². The summed E-state index contributed by atoms with van der Waals surface area (Å²) in [6, 6.07) is 6.22. The molecule has 0 heterocycles. The molecule has 0 fully saturated rings. The van der Waals surface area contributed by atoms with Crippen LogP contribution in [0.25, 0.3) is 0 Å². The number of hydrogen-bond donors (Lipinski definition) is 0. The summed E-state index contributed by atoms with van der Waals surface area (Å²) >= 11 is 1.86. The fourth-order valence-corrected chi connectivity index (χ4v) is 2.02. The molecule has 2 heteroatoms. The molecule has 0 saturated carbocycles. The smallest absolute Gasteiger partial charge is 0.123 e. The van der Waals surface area contributed by atoms with Crippen LogP contribution in [0.3, 0.4) is 0 Å². The van der Waals surface area contributed by atoms with Crippen molar-refractivity contribution >= 4 is 11.8 Å². The van der Waals surface area contributed by atoms with E-state index in [1.807, 2.05) is 24.8 Å². The lowest BCUT2D eigenvalue weighted by atomic mass is 10.2. The monoisotopic (exact) mass is 196 g/mol. The van der Waals surface area contributed by atoms with Crippen molar-refractivity contribution in [2.45, 2.75) is 25.7 Å². The molecule has 1 aromatic carbocycles. The summed E-state index contributed by atoms with van der Waals surface area (Å²) in [5.41, 5.74) is 1.26. The second-order valence-electron chi connectivity index (χ2n) is 2.75. The van der Waals surface area contributed by atoms with Crippen LogP contribution in [0, 0.1) is 6.92 Å². The van der Waals surface area contributed by atoms with E-state index in [-0.39, 0.29) is 0 Å². The van der Waals surface area contributed by atoms with Gasteiger partial charge in [0.1, 0.15) is 5.75 Å². The van der Waals surface area contributed by atoms with E-state index in [0.29, 0.717) is 0 Å². The van der Waals surface area contributed by atoms with Crippen LogP contribution in [0.2, 0.25) is 0 Å². The molecular weight excluding hydrogens is 180 g/mol. The van der Waals surface area contributed by atoms with Gasteiger partial charge in [-0.25, -0.2) is 0 Å². The van der Waals surface area contributed by atoms with E-state index in [1.165, 1.54) is 10.5 Å². The SMILES string of the molecule is CCOc1cccc(SCC)c1C. The number of ether oxygens (including phenoxy) is 1. The molecule has 0 aliphatic heterocycles. The molecule has 1 rings (SSSR count). The van der Waals surface area contributed by atoms with Crippen LogP contribution in [0.4, 0.5) is 0 Å². The third-order valence-electron chi connectivity index (χ3n) is 1.83. The van der Waals surface area contributed by atoms with Gasteiger partial charge in [0.25, 0.3) is 0 Å². The maximum Gasteiger partial charge on any atom is 0.123 e. The Bertz CT molecular complexity index is 247. The first-order valence-corrected chi connectivity index (χ1v) is 5.63. The molecule has 0 atom stereocenters. The van der Waals surface area contributed by atoms with Gasteiger partial charge in [-0.15, -0.1) is 11.8 Å². The third kappa shape index (κ3) is 2.66. The second kappa shape index (κ2) is 5.18. The second-order valence-corrected chi connectivity index (χ2v) is 4.05. The quantitative estimate of drug-likeness (QED) is 0.682. The molecule has 0 N–H and O–H groups in total. The fraction of sp³-hybridized carbons (Fsp3) is 0.455. The zero-order valence-corrected chi connectivity index (χ0v) is 9.28. The zero-order chi connectivity index (χ0) is 9.68. The van der Waals surface area contributed by atoms with Gasteiger partial charge in [0.2, 0.25) is 0 Å². The number of benzene rings is 1. The van der Waals surface area contributed by atoms with Gasteiger partial charge in [-0.05, 0) is 31.7 Å². The average molecular weight is 196 g/mol. The van der Waals surface area contributed by atoms with E-state index in [4.69, 9.17) is 4.74 Å². The summed E-state index contributed by atoms with van der Waals surface area (Å²) in [5.74, 6) is 2.12. The van der Waals surface area contributed by atoms with Crippen molar-refractivity contribution in [1.29, 1.82) is 0 Å². The number of thioether (sulfide) groups is 1. The average Bonchev–Trinajstić information content (AvgIpc) is 2.13. The zero-order valence-electron chi connectivity index (χ0n) is 8.46. The molecule has 1 nitrogen and oxygen atoms in total. The summed E-state index contributed by atoms with van der Waals surface area (Å²) in [5, 5.41) is 0. The Morgan fingerprint density at radius 1 is 1.31 bits per heavy atom. The molecule has 0 radical (unpaired) electrons. The van der Waals surface area contributed by atoms with Gasteiger partial charge in [-0.3, -0.25) is 0 Å². The van der Waals surface area contributed by atoms with Gasteiger partial charge in [-0.2, -0.15) is 0 Å². The van der Waals surface area contributed by atoms with Gasteiger partial charge in [0.15, 0.2) is 0 Å². The minimum atomic E-state index is 0.737. The number of rotatable bonds is 4. The van der Waals surface area contributed by atoms with Crippen LogP contribution in [0.5, 0.6) is 5.75 Å². The molecule has 72 valence electrons. The van der Waals surface area contributed by atoms with Crippen LogP contribution in [-0.4, -0.2) is 12.4 Å². The fourth-order valence-electron chi connectivity index (χ4n) is 1.22. The molecule has 0 unspecified atom stereocenters. The standard InChI is InChI=1S/C11H16OS/c1-4-12-10-7-6-8-11(9(10)3)13-5-2/h6-8H,4-5H2,1-3H3. The predicted molar refractivity (Wildman–Crippen MR) is 58.7 cm³/mol. The minimum absolute atomic E-state index is 0.737. The maximum atomic E-state index is 5.51. The summed E-state index contributed by atoms with van der Waals surface area (Å²) in [4.78, 5) is 1.33. The Hall–Kier alpha value is -0.630. The van der Waals surface area contributed by atoms with Gasteiger partial charge in [-0.1, -0.05) is 13.0 Å². The highest BCUT2D eigenvalue weighted by molar-refractivity contribution is 7.99. The number of hydrogen-bond acceptors (Lipinski definition) is 2. The normalized spacial score (nSPS) is 10.1. The van der Waals surface area contributed by atoms with Crippen molar-refractivity contribution in [3.63, 3.8) is 0 Å². The summed E-state index contributed by atoms with van der Waals surface area (Å²) in [6.45, 7) is 7.03. The van der Waals surface area contributed by atoms with E-state index < -0.39 is 0 Å². The molecule has 1 aromatic rings. The highest BCUT2D eigenvalue weighted by Gasteiger charge is 2.03. The topological polar surface area (TPSA) is 9.23 Å². The van der Waals surface area contributed by atoms with Crippen molar-refractivity contribution in [2.75, 3.05) is 12.4 Å². The summed E-state index contributed by atoms with van der Waals surface area (Å²) < 4.78 is 5.51. The Morgan fingerprint density at radius 2 is 2.08 bits per heavy atom. The minimum Gasteiger partial charge on any atom is -0.494 e. The van der Waals surface area contributed by atoms with E-state index in [0.717, 1.165) is 18.1 Å². The van der Waals surface area contributed by atoms with Crippen molar-refractivity contribution in [3.8, 4) is 5.75 Å². The molecule has 0 amide bonds. The van der Waals surface area contributed by atoms with Crippen LogP contribution in [0.1, 0.15) is 19.4 Å². The van der Waals surface area contributed by atoms with E-state index in [9.17, 15) is 0 Å². The first-order valence-electron chi connectivity index (χ1n) is 4.64. The first-order chi connectivity index (χ1) is 6.29. The van der Waals surface area contributed by atoms with Gasteiger partial charge in [0.05, 0.1) is 6.61 Å². The van der Waals surface area contributed by atoms with Gasteiger partial charge >= 0.3 is 0 Å². The molecule has 0 bridgehead atoms. The Morgan fingerprint density at radius 3 is 2.69 bits per heavy atom. The van der Waals surface area contributed by atoms with Crippen molar-refractivity contribution in [1.82, 2.24) is 0 Å². The Labute approximate surface area is 84.5 Å². The van der Waals surface area contributed by atoms with Crippen molar-refractivity contribution < 1.29 is 4.74 Å². The summed E-state index contributed by atoms with van der Waals surface area (Å²) in [6.07, 6.45) is 0. The van der Waals surface area contributed by atoms with E-state index in [1.54, 1.807) is 0 Å². The lowest BCUT2D eigenvalue weighted by molar-refractivity contribution is 0.337. The first kappa shape index (κ1) is 10.5. The highest BCUT2D eigenvalue weighted by Crippen LogP contribution is 2.28.